The van der Waals surface area contributed by atoms with E-state index in [1.807, 2.05) is 18.2 Å². The highest BCUT2D eigenvalue weighted by molar-refractivity contribution is 7.89. The number of fused-ring (bicyclic) bond motifs is 2. The van der Waals surface area contributed by atoms with Crippen LogP contribution >= 0.6 is 0 Å². The summed E-state index contributed by atoms with van der Waals surface area (Å²) in [7, 11) is -3.64. The monoisotopic (exact) mass is 476 g/mol. The summed E-state index contributed by atoms with van der Waals surface area (Å²) in [5.41, 5.74) is 1.73. The third-order valence-corrected chi connectivity index (χ3v) is 8.60. The summed E-state index contributed by atoms with van der Waals surface area (Å²) in [5.74, 6) is -0.968. The van der Waals surface area contributed by atoms with Gasteiger partial charge in [-0.2, -0.15) is 9.40 Å². The molecule has 2 saturated heterocycles. The number of hydrogen-bond acceptors (Lipinski definition) is 4. The fraction of sp³-hybridized carbons (Fsp3) is 0.200. The van der Waals surface area contributed by atoms with Crippen LogP contribution in [0.2, 0.25) is 0 Å². The fourth-order valence-electron chi connectivity index (χ4n) is 5.06. The van der Waals surface area contributed by atoms with Crippen LogP contribution in [0.25, 0.3) is 16.6 Å². The van der Waals surface area contributed by atoms with Crippen molar-refractivity contribution in [3.63, 3.8) is 0 Å². The number of nitrogens with zero attached hydrogens (tertiary/aromatic N) is 4. The van der Waals surface area contributed by atoms with Crippen molar-refractivity contribution in [1.29, 1.82) is 0 Å². The minimum atomic E-state index is -3.64. The molecule has 1 amide bonds. The smallest absolute Gasteiger partial charge is 0.243 e. The summed E-state index contributed by atoms with van der Waals surface area (Å²) < 4.78 is 43.4. The standard InChI is InChI=1S/C25H21FN4O3S/c26-21-9-4-5-10-24(21)30-23-12-6-11-22(19(23)13-27-30)29-15-17-14-28(16-20(17)25(29)31)34(32,33)18-7-2-1-3-8-18/h1-13,17,20H,14-16H2/t17-,20-/m1/s1. The number of para-hydroxylation sites is 1. The first kappa shape index (κ1) is 21.0. The van der Waals surface area contributed by atoms with Crippen molar-refractivity contribution in [1.82, 2.24) is 14.1 Å². The maximum Gasteiger partial charge on any atom is 0.243 e. The number of rotatable bonds is 4. The second-order valence-corrected chi connectivity index (χ2v) is 10.6. The summed E-state index contributed by atoms with van der Waals surface area (Å²) in [4.78, 5) is 15.3. The van der Waals surface area contributed by atoms with E-state index < -0.39 is 15.9 Å². The maximum absolute atomic E-state index is 14.4. The summed E-state index contributed by atoms with van der Waals surface area (Å²) in [6.07, 6.45) is 1.64. The van der Waals surface area contributed by atoms with Gasteiger partial charge in [-0.1, -0.05) is 36.4 Å². The van der Waals surface area contributed by atoms with Crippen LogP contribution in [0.1, 0.15) is 0 Å². The van der Waals surface area contributed by atoms with Crippen LogP contribution in [-0.4, -0.2) is 48.0 Å². The van der Waals surface area contributed by atoms with E-state index in [2.05, 4.69) is 5.10 Å². The Morgan fingerprint density at radius 3 is 2.35 bits per heavy atom. The number of carbonyl (C=O) groups is 1. The van der Waals surface area contributed by atoms with E-state index >= 15 is 0 Å². The van der Waals surface area contributed by atoms with E-state index in [9.17, 15) is 17.6 Å². The van der Waals surface area contributed by atoms with Crippen LogP contribution in [0.3, 0.4) is 0 Å². The summed E-state index contributed by atoms with van der Waals surface area (Å²) in [5, 5.41) is 5.13. The quantitative estimate of drug-likeness (QED) is 0.452. The molecule has 0 saturated carbocycles. The van der Waals surface area contributed by atoms with Gasteiger partial charge in [-0.3, -0.25) is 4.79 Å². The van der Waals surface area contributed by atoms with E-state index in [4.69, 9.17) is 0 Å². The maximum atomic E-state index is 14.4. The van der Waals surface area contributed by atoms with Crippen LogP contribution in [-0.2, 0) is 14.8 Å². The third kappa shape index (κ3) is 3.15. The minimum Gasteiger partial charge on any atom is -0.311 e. The van der Waals surface area contributed by atoms with Crippen molar-refractivity contribution >= 4 is 32.5 Å². The first-order valence-corrected chi connectivity index (χ1v) is 12.5. The van der Waals surface area contributed by atoms with E-state index in [0.717, 1.165) is 5.39 Å². The first-order chi connectivity index (χ1) is 16.4. The number of amides is 1. The molecule has 4 aromatic rings. The Kier molecular flexibility index (Phi) is 4.79. The van der Waals surface area contributed by atoms with Gasteiger partial charge in [0.2, 0.25) is 15.9 Å². The largest absolute Gasteiger partial charge is 0.311 e. The van der Waals surface area contributed by atoms with Gasteiger partial charge in [-0.15, -0.1) is 0 Å². The predicted octanol–water partition coefficient (Wildman–Crippen LogP) is 3.45. The van der Waals surface area contributed by atoms with E-state index in [1.54, 1.807) is 59.6 Å². The lowest BCUT2D eigenvalue weighted by atomic mass is 10.0. The fourth-order valence-corrected chi connectivity index (χ4v) is 6.61. The molecule has 1 aromatic heterocycles. The summed E-state index contributed by atoms with van der Waals surface area (Å²) >= 11 is 0. The molecule has 0 spiro atoms. The molecule has 0 radical (unpaired) electrons. The van der Waals surface area contributed by atoms with Gasteiger partial charge in [0.15, 0.2) is 0 Å². The highest BCUT2D eigenvalue weighted by atomic mass is 32.2. The van der Waals surface area contributed by atoms with Crippen molar-refractivity contribution in [3.8, 4) is 5.69 Å². The molecular weight excluding hydrogens is 455 g/mol. The second-order valence-electron chi connectivity index (χ2n) is 8.67. The van der Waals surface area contributed by atoms with Crippen molar-refractivity contribution in [2.75, 3.05) is 24.5 Å². The summed E-state index contributed by atoms with van der Waals surface area (Å²) in [6.45, 7) is 0.893. The van der Waals surface area contributed by atoms with Crippen molar-refractivity contribution < 1.29 is 17.6 Å². The Balaban J connectivity index is 1.30. The lowest BCUT2D eigenvalue weighted by Crippen LogP contribution is -2.35. The van der Waals surface area contributed by atoms with Crippen molar-refractivity contribution in [2.45, 2.75) is 4.90 Å². The van der Waals surface area contributed by atoms with Crippen molar-refractivity contribution in [3.05, 3.63) is 84.8 Å². The molecule has 7 nitrogen and oxygen atoms in total. The average molecular weight is 477 g/mol. The number of anilines is 1. The summed E-state index contributed by atoms with van der Waals surface area (Å²) in [6, 6.07) is 20.2. The topological polar surface area (TPSA) is 75.5 Å². The molecule has 9 heteroatoms. The van der Waals surface area contributed by atoms with Gasteiger partial charge < -0.3 is 4.90 Å². The van der Waals surface area contributed by atoms with Crippen LogP contribution in [0.5, 0.6) is 0 Å². The molecule has 0 bridgehead atoms. The number of hydrogen-bond donors (Lipinski definition) is 0. The zero-order valence-corrected chi connectivity index (χ0v) is 18.9. The van der Waals surface area contributed by atoms with Gasteiger partial charge in [0.25, 0.3) is 0 Å². The van der Waals surface area contributed by atoms with Crippen LogP contribution < -0.4 is 4.90 Å². The van der Waals surface area contributed by atoms with Gasteiger partial charge in [0.1, 0.15) is 11.5 Å². The highest BCUT2D eigenvalue weighted by Gasteiger charge is 2.50. The lowest BCUT2D eigenvalue weighted by Gasteiger charge is -2.22. The van der Waals surface area contributed by atoms with Crippen LogP contribution in [0, 0.1) is 17.7 Å². The number of halogens is 1. The zero-order valence-electron chi connectivity index (χ0n) is 18.1. The Bertz CT molecular complexity index is 1520. The number of aromatic nitrogens is 2. The minimum absolute atomic E-state index is 0.0946. The Hall–Kier alpha value is -3.56. The van der Waals surface area contributed by atoms with Crippen LogP contribution in [0.4, 0.5) is 10.1 Å². The predicted molar refractivity (Wildman–Crippen MR) is 126 cm³/mol. The molecule has 2 atom stereocenters. The number of benzene rings is 3. The third-order valence-electron chi connectivity index (χ3n) is 6.75. The van der Waals surface area contributed by atoms with Gasteiger partial charge in [-0.25, -0.2) is 17.5 Å². The Morgan fingerprint density at radius 2 is 1.59 bits per heavy atom. The molecule has 2 fully saturated rings. The molecule has 2 aliphatic rings. The van der Waals surface area contributed by atoms with Gasteiger partial charge in [0.05, 0.1) is 28.2 Å². The molecule has 0 N–H and O–H groups in total. The number of carbonyl (C=O) groups excluding carboxylic acids is 1. The highest BCUT2D eigenvalue weighted by Crippen LogP contribution is 2.39. The van der Waals surface area contributed by atoms with Crippen molar-refractivity contribution in [2.24, 2.45) is 11.8 Å². The van der Waals surface area contributed by atoms with E-state index in [-0.39, 0.29) is 29.1 Å². The molecular formula is C25H21FN4O3S. The van der Waals surface area contributed by atoms with E-state index in [0.29, 0.717) is 30.0 Å². The normalized spacial score (nSPS) is 20.9. The zero-order chi connectivity index (χ0) is 23.4. The Morgan fingerprint density at radius 1 is 0.853 bits per heavy atom. The molecule has 0 unspecified atom stereocenters. The lowest BCUT2D eigenvalue weighted by molar-refractivity contribution is -0.120. The molecule has 172 valence electrons. The number of sulfonamides is 1. The van der Waals surface area contributed by atoms with Crippen LogP contribution in [0.15, 0.2) is 83.9 Å². The SMILES string of the molecule is O=C1[C@@H]2CN(S(=O)(=O)c3ccccc3)C[C@@H]2CN1c1cccc2c1cnn2-c1ccccc1F. The van der Waals surface area contributed by atoms with E-state index in [1.165, 1.54) is 15.1 Å². The molecule has 3 aromatic carbocycles. The van der Waals surface area contributed by atoms with Gasteiger partial charge >= 0.3 is 0 Å². The average Bonchev–Trinajstić information content (AvgIpc) is 3.55. The molecule has 3 heterocycles. The molecule has 34 heavy (non-hydrogen) atoms. The molecule has 0 aliphatic carbocycles. The molecule has 6 rings (SSSR count). The van der Waals surface area contributed by atoms with Gasteiger partial charge in [-0.05, 0) is 36.4 Å². The Labute approximate surface area is 196 Å². The second kappa shape index (κ2) is 7.75. The first-order valence-electron chi connectivity index (χ1n) is 11.0. The molecule has 2 aliphatic heterocycles. The van der Waals surface area contributed by atoms with Gasteiger partial charge in [0, 0.05) is 30.9 Å².